The average molecular weight is 318 g/mol. The second-order valence-corrected chi connectivity index (χ2v) is 6.37. The quantitative estimate of drug-likeness (QED) is 0.631. The number of carbonyl (C=O) groups is 1. The maximum atomic E-state index is 12.6. The fourth-order valence-electron chi connectivity index (χ4n) is 3.55. The van der Waals surface area contributed by atoms with E-state index in [0.29, 0.717) is 30.6 Å². The molecular formula is C17H22N2O4. The van der Waals surface area contributed by atoms with Crippen molar-refractivity contribution in [1.82, 2.24) is 0 Å². The minimum Gasteiger partial charge on any atom is -0.375 e. The summed E-state index contributed by atoms with van der Waals surface area (Å²) in [5, 5.41) is 11.2. The first kappa shape index (κ1) is 15.9. The molecule has 0 bridgehead atoms. The minimum absolute atomic E-state index is 0.0367. The van der Waals surface area contributed by atoms with Gasteiger partial charge in [-0.3, -0.25) is 14.9 Å². The molecule has 2 aliphatic rings. The van der Waals surface area contributed by atoms with Crippen LogP contribution < -0.4 is 4.90 Å². The summed E-state index contributed by atoms with van der Waals surface area (Å²) in [5.41, 5.74) is 1.51. The number of hydrogen-bond donors (Lipinski definition) is 0. The Labute approximate surface area is 135 Å². The zero-order valence-corrected chi connectivity index (χ0v) is 13.4. The van der Waals surface area contributed by atoms with E-state index >= 15 is 0 Å². The van der Waals surface area contributed by atoms with Crippen LogP contribution in [-0.4, -0.2) is 29.6 Å². The van der Waals surface area contributed by atoms with E-state index in [1.807, 2.05) is 6.07 Å². The monoisotopic (exact) mass is 318 g/mol. The lowest BCUT2D eigenvalue weighted by molar-refractivity contribution is -0.385. The molecule has 0 spiro atoms. The normalized spacial score (nSPS) is 23.6. The molecule has 0 radical (unpaired) electrons. The Morgan fingerprint density at radius 1 is 1.43 bits per heavy atom. The Morgan fingerprint density at radius 2 is 2.26 bits per heavy atom. The smallest absolute Gasteiger partial charge is 0.274 e. The highest BCUT2D eigenvalue weighted by molar-refractivity contribution is 5.95. The zero-order chi connectivity index (χ0) is 16.4. The van der Waals surface area contributed by atoms with Crippen LogP contribution >= 0.6 is 0 Å². The summed E-state index contributed by atoms with van der Waals surface area (Å²) in [7, 11) is 0. The van der Waals surface area contributed by atoms with Crippen molar-refractivity contribution >= 4 is 17.3 Å². The number of ether oxygens (including phenoxy) is 1. The van der Waals surface area contributed by atoms with Crippen molar-refractivity contribution in [2.24, 2.45) is 0 Å². The molecule has 0 aliphatic carbocycles. The number of nitro benzene ring substituents is 1. The predicted octanol–water partition coefficient (Wildman–Crippen LogP) is 3.22. The molecule has 6 nitrogen and oxygen atoms in total. The summed E-state index contributed by atoms with van der Waals surface area (Å²) in [5.74, 6) is 0.0367. The lowest BCUT2D eigenvalue weighted by Gasteiger charge is -2.29. The molecule has 1 aromatic carbocycles. The van der Waals surface area contributed by atoms with Crippen LogP contribution in [0.5, 0.6) is 0 Å². The van der Waals surface area contributed by atoms with Crippen LogP contribution in [0, 0.1) is 10.1 Å². The number of hydrogen-bond acceptors (Lipinski definition) is 4. The zero-order valence-electron chi connectivity index (χ0n) is 13.4. The van der Waals surface area contributed by atoms with Crippen molar-refractivity contribution in [3.63, 3.8) is 0 Å². The van der Waals surface area contributed by atoms with Gasteiger partial charge in [0.2, 0.25) is 5.91 Å². The van der Waals surface area contributed by atoms with Crippen molar-refractivity contribution < 1.29 is 14.5 Å². The van der Waals surface area contributed by atoms with Gasteiger partial charge in [0.25, 0.3) is 5.69 Å². The van der Waals surface area contributed by atoms with Crippen molar-refractivity contribution in [2.45, 2.75) is 57.7 Å². The van der Waals surface area contributed by atoms with Gasteiger partial charge in [-0.1, -0.05) is 6.07 Å². The number of nitro groups is 1. The third-order valence-electron chi connectivity index (χ3n) is 4.72. The van der Waals surface area contributed by atoms with Crippen LogP contribution in [0.4, 0.5) is 11.4 Å². The molecule has 23 heavy (non-hydrogen) atoms. The fourth-order valence-corrected chi connectivity index (χ4v) is 3.55. The molecule has 1 aromatic rings. The third kappa shape index (κ3) is 3.37. The van der Waals surface area contributed by atoms with Gasteiger partial charge in [-0.05, 0) is 45.1 Å². The Bertz CT molecular complexity index is 617. The van der Waals surface area contributed by atoms with Crippen molar-refractivity contribution in [2.75, 3.05) is 11.4 Å². The third-order valence-corrected chi connectivity index (χ3v) is 4.72. The maximum Gasteiger partial charge on any atom is 0.274 e. The van der Waals surface area contributed by atoms with Crippen LogP contribution in [0.25, 0.3) is 0 Å². The number of rotatable bonds is 4. The topological polar surface area (TPSA) is 72.7 Å². The van der Waals surface area contributed by atoms with Gasteiger partial charge < -0.3 is 9.64 Å². The molecule has 1 fully saturated rings. The van der Waals surface area contributed by atoms with E-state index in [9.17, 15) is 14.9 Å². The van der Waals surface area contributed by atoms with Gasteiger partial charge in [-0.25, -0.2) is 0 Å². The minimum atomic E-state index is -0.361. The largest absolute Gasteiger partial charge is 0.375 e. The van der Waals surface area contributed by atoms with Crippen LogP contribution in [0.15, 0.2) is 18.2 Å². The summed E-state index contributed by atoms with van der Waals surface area (Å²) < 4.78 is 5.76. The molecule has 1 saturated heterocycles. The highest BCUT2D eigenvalue weighted by Crippen LogP contribution is 2.34. The molecular weight excluding hydrogens is 296 g/mol. The highest BCUT2D eigenvalue weighted by atomic mass is 16.6. The van der Waals surface area contributed by atoms with Crippen molar-refractivity contribution in [3.8, 4) is 0 Å². The van der Waals surface area contributed by atoms with Crippen LogP contribution in [0.3, 0.4) is 0 Å². The molecule has 2 atom stereocenters. The molecule has 3 rings (SSSR count). The molecule has 2 aliphatic heterocycles. The second-order valence-electron chi connectivity index (χ2n) is 6.37. The molecule has 124 valence electrons. The van der Waals surface area contributed by atoms with Gasteiger partial charge in [-0.15, -0.1) is 0 Å². The lowest BCUT2D eigenvalue weighted by atomic mass is 9.99. The Balaban J connectivity index is 1.71. The number of nitrogens with zero attached hydrogens (tertiary/aromatic N) is 2. The van der Waals surface area contributed by atoms with E-state index in [2.05, 4.69) is 6.92 Å². The summed E-state index contributed by atoms with van der Waals surface area (Å²) in [6.07, 6.45) is 5.09. The van der Waals surface area contributed by atoms with Gasteiger partial charge in [0.05, 0.1) is 28.4 Å². The van der Waals surface area contributed by atoms with E-state index in [0.717, 1.165) is 25.7 Å². The summed E-state index contributed by atoms with van der Waals surface area (Å²) in [6.45, 7) is 2.69. The Morgan fingerprint density at radius 3 is 2.96 bits per heavy atom. The average Bonchev–Trinajstić information content (AvgIpc) is 2.96. The fraction of sp³-hybridized carbons (Fsp3) is 0.588. The van der Waals surface area contributed by atoms with E-state index in [1.165, 1.54) is 6.07 Å². The lowest BCUT2D eigenvalue weighted by Crippen LogP contribution is -2.36. The molecule has 2 heterocycles. The summed E-state index contributed by atoms with van der Waals surface area (Å²) in [4.78, 5) is 25.1. The van der Waals surface area contributed by atoms with E-state index in [1.54, 1.807) is 11.0 Å². The van der Waals surface area contributed by atoms with Crippen LogP contribution in [0.2, 0.25) is 0 Å². The Hall–Kier alpha value is -1.95. The standard InChI is InChI=1S/C17H22N2O4/c1-12-7-8-13(23-12)9-10-17(20)18-11-3-4-14-15(18)5-2-6-16(14)19(21)22/h2,5-6,12-13H,3-4,7-11H2,1H3/t12-,13-/m1/s1. The second kappa shape index (κ2) is 6.66. The first-order chi connectivity index (χ1) is 11.1. The van der Waals surface area contributed by atoms with Gasteiger partial charge in [-0.2, -0.15) is 0 Å². The van der Waals surface area contributed by atoms with Gasteiger partial charge in [0.15, 0.2) is 0 Å². The van der Waals surface area contributed by atoms with Crippen molar-refractivity contribution in [3.05, 3.63) is 33.9 Å². The first-order valence-electron chi connectivity index (χ1n) is 8.28. The highest BCUT2D eigenvalue weighted by Gasteiger charge is 2.29. The van der Waals surface area contributed by atoms with E-state index in [4.69, 9.17) is 4.74 Å². The van der Waals surface area contributed by atoms with Crippen LogP contribution in [0.1, 0.15) is 44.6 Å². The molecule has 6 heteroatoms. The molecule has 0 unspecified atom stereocenters. The summed E-state index contributed by atoms with van der Waals surface area (Å²) in [6, 6.07) is 4.98. The molecule has 0 N–H and O–H groups in total. The van der Waals surface area contributed by atoms with Crippen molar-refractivity contribution in [1.29, 1.82) is 0 Å². The van der Waals surface area contributed by atoms with Gasteiger partial charge >= 0.3 is 0 Å². The molecule has 0 saturated carbocycles. The van der Waals surface area contributed by atoms with Gasteiger partial charge in [0, 0.05) is 19.0 Å². The molecule has 1 amide bonds. The predicted molar refractivity (Wildman–Crippen MR) is 86.6 cm³/mol. The van der Waals surface area contributed by atoms with E-state index in [-0.39, 0.29) is 28.7 Å². The van der Waals surface area contributed by atoms with Gasteiger partial charge in [0.1, 0.15) is 0 Å². The van der Waals surface area contributed by atoms with Crippen LogP contribution in [-0.2, 0) is 16.0 Å². The number of fused-ring (bicyclic) bond motifs is 1. The first-order valence-corrected chi connectivity index (χ1v) is 8.28. The number of anilines is 1. The number of benzene rings is 1. The maximum absolute atomic E-state index is 12.6. The number of amides is 1. The Kier molecular flexibility index (Phi) is 4.61. The summed E-state index contributed by atoms with van der Waals surface area (Å²) >= 11 is 0. The SMILES string of the molecule is C[C@@H]1CC[C@H](CCC(=O)N2CCCc3c2cccc3[N+](=O)[O-])O1. The molecule has 0 aromatic heterocycles. The number of carbonyl (C=O) groups excluding carboxylic acids is 1. The van der Waals surface area contributed by atoms with E-state index < -0.39 is 0 Å².